The molecule has 3 aromatic rings. The topological polar surface area (TPSA) is 22.1 Å². The number of hydrogen-bond donors (Lipinski definition) is 0. The summed E-state index contributed by atoms with van der Waals surface area (Å²) >= 11 is 0. The minimum Gasteiger partial charge on any atom is -0.392 e. The Labute approximate surface area is 214 Å². The Bertz CT molecular complexity index is 1230. The predicted octanol–water partition coefficient (Wildman–Crippen LogP) is 6.93. The molecule has 4 rings (SSSR count). The van der Waals surface area contributed by atoms with Gasteiger partial charge in [0.1, 0.15) is 13.7 Å². The third-order valence-corrected chi connectivity index (χ3v) is 13.4. The van der Waals surface area contributed by atoms with Crippen molar-refractivity contribution in [2.45, 2.75) is 76.9 Å². The van der Waals surface area contributed by atoms with Gasteiger partial charge in [0.25, 0.3) is 0 Å². The first kappa shape index (κ1) is 25.6. The molecule has 0 fully saturated rings. The van der Waals surface area contributed by atoms with E-state index >= 15 is 0 Å². The molecule has 2 heterocycles. The van der Waals surface area contributed by atoms with Gasteiger partial charge in [-0.15, -0.1) is 5.54 Å². The van der Waals surface area contributed by atoms with E-state index in [1.165, 1.54) is 16.3 Å². The molecule has 4 heteroatoms. The van der Waals surface area contributed by atoms with Crippen LogP contribution < -0.4 is 5.19 Å². The molecule has 2 aromatic carbocycles. The SMILES string of the molecule is Cc1ccc([C@](C#C[Si](C)(C)C)(Cc2ccccn2)O[Si@@]2(C(C)(C)C)CCc3ccccc32)cc1. The van der Waals surface area contributed by atoms with Crippen molar-refractivity contribution >= 4 is 21.6 Å². The summed E-state index contributed by atoms with van der Waals surface area (Å²) in [6, 6.07) is 25.0. The van der Waals surface area contributed by atoms with E-state index in [4.69, 9.17) is 9.41 Å². The van der Waals surface area contributed by atoms with Crippen LogP contribution in [0.5, 0.6) is 0 Å². The summed E-state index contributed by atoms with van der Waals surface area (Å²) in [6.07, 6.45) is 3.60. The van der Waals surface area contributed by atoms with Gasteiger partial charge in [0.05, 0.1) is 0 Å². The second-order valence-corrected chi connectivity index (χ2v) is 21.2. The molecular weight excluding hydrogens is 459 g/mol. The Morgan fingerprint density at radius 3 is 2.26 bits per heavy atom. The van der Waals surface area contributed by atoms with Crippen LogP contribution in [0.4, 0.5) is 0 Å². The second kappa shape index (κ2) is 9.54. The van der Waals surface area contributed by atoms with Crippen LogP contribution in [0.25, 0.3) is 0 Å². The molecule has 182 valence electrons. The average molecular weight is 498 g/mol. The number of benzene rings is 2. The highest BCUT2D eigenvalue weighted by atomic mass is 28.4. The second-order valence-electron chi connectivity index (χ2n) is 12.0. The van der Waals surface area contributed by atoms with Crippen molar-refractivity contribution < 1.29 is 4.43 Å². The van der Waals surface area contributed by atoms with Crippen molar-refractivity contribution in [1.82, 2.24) is 4.98 Å². The zero-order chi connectivity index (χ0) is 25.3. The summed E-state index contributed by atoms with van der Waals surface area (Å²) < 4.78 is 7.75. The van der Waals surface area contributed by atoms with Crippen molar-refractivity contribution in [3.63, 3.8) is 0 Å². The fourth-order valence-corrected chi connectivity index (χ4v) is 10.6. The van der Waals surface area contributed by atoms with Crippen LogP contribution in [0.1, 0.15) is 43.2 Å². The quantitative estimate of drug-likeness (QED) is 0.281. The van der Waals surface area contributed by atoms with Crippen LogP contribution in [0.2, 0.25) is 30.7 Å². The van der Waals surface area contributed by atoms with Gasteiger partial charge in [0.2, 0.25) is 8.32 Å². The van der Waals surface area contributed by atoms with E-state index < -0.39 is 22.0 Å². The van der Waals surface area contributed by atoms with Gasteiger partial charge >= 0.3 is 0 Å². The molecule has 0 spiro atoms. The van der Waals surface area contributed by atoms with Gasteiger partial charge in [-0.1, -0.05) is 106 Å². The number of aryl methyl sites for hydroxylation is 2. The van der Waals surface area contributed by atoms with Gasteiger partial charge in [-0.3, -0.25) is 4.98 Å². The molecule has 0 unspecified atom stereocenters. The predicted molar refractivity (Wildman–Crippen MR) is 153 cm³/mol. The summed E-state index contributed by atoms with van der Waals surface area (Å²) in [7, 11) is -4.12. The number of pyridine rings is 1. The maximum absolute atomic E-state index is 7.75. The van der Waals surface area contributed by atoms with Gasteiger partial charge in [0.15, 0.2) is 0 Å². The summed E-state index contributed by atoms with van der Waals surface area (Å²) in [5, 5.41) is 1.46. The van der Waals surface area contributed by atoms with Crippen molar-refractivity contribution in [1.29, 1.82) is 0 Å². The molecular formula is C31H39NOSi2. The van der Waals surface area contributed by atoms with Crippen molar-refractivity contribution in [3.8, 4) is 11.5 Å². The highest BCUT2D eigenvalue weighted by Crippen LogP contribution is 2.48. The first-order valence-electron chi connectivity index (χ1n) is 12.7. The van der Waals surface area contributed by atoms with E-state index in [1.54, 1.807) is 0 Å². The lowest BCUT2D eigenvalue weighted by molar-refractivity contribution is 0.111. The minimum absolute atomic E-state index is 0.0144. The number of hydrogen-bond acceptors (Lipinski definition) is 2. The van der Waals surface area contributed by atoms with Crippen LogP contribution in [-0.2, 0) is 22.9 Å². The van der Waals surface area contributed by atoms with E-state index in [-0.39, 0.29) is 5.04 Å². The van der Waals surface area contributed by atoms with Gasteiger partial charge in [-0.05, 0) is 52.9 Å². The van der Waals surface area contributed by atoms with Crippen LogP contribution in [-0.4, -0.2) is 21.4 Å². The molecule has 0 saturated carbocycles. The number of fused-ring (bicyclic) bond motifs is 1. The standard InChI is InChI=1S/C31H39NOSi2/c1-25-15-17-27(18-16-25)31(20-23-34(5,6)7,24-28-13-10-11-21-32-28)33-35(30(2,3)4)22-19-26-12-8-9-14-29(26)35/h8-18,21H,19,22,24H2,1-7H3/t31-,35-/m0/s1. The lowest BCUT2D eigenvalue weighted by Gasteiger charge is -2.46. The van der Waals surface area contributed by atoms with Gasteiger partial charge in [-0.25, -0.2) is 0 Å². The van der Waals surface area contributed by atoms with Crippen molar-refractivity contribution in [3.05, 3.63) is 95.3 Å². The van der Waals surface area contributed by atoms with E-state index in [0.29, 0.717) is 6.42 Å². The first-order valence-corrected chi connectivity index (χ1v) is 18.4. The van der Waals surface area contributed by atoms with Crippen LogP contribution in [0, 0.1) is 18.4 Å². The number of rotatable bonds is 5. The third kappa shape index (κ3) is 5.38. The summed E-state index contributed by atoms with van der Waals surface area (Å²) in [4.78, 5) is 4.73. The molecule has 35 heavy (non-hydrogen) atoms. The fourth-order valence-electron chi connectivity index (χ4n) is 5.12. The summed E-state index contributed by atoms with van der Waals surface area (Å²) in [5.41, 5.74) is 7.82. The number of nitrogens with zero attached hydrogens (tertiary/aromatic N) is 1. The summed E-state index contributed by atoms with van der Waals surface area (Å²) in [6.45, 7) is 16.2. The molecule has 1 aliphatic heterocycles. The van der Waals surface area contributed by atoms with E-state index in [1.807, 2.05) is 12.3 Å². The normalized spacial score (nSPS) is 19.4. The van der Waals surface area contributed by atoms with Crippen LogP contribution in [0.3, 0.4) is 0 Å². The van der Waals surface area contributed by atoms with Crippen LogP contribution >= 0.6 is 0 Å². The number of aromatic nitrogens is 1. The average Bonchev–Trinajstić information content (AvgIpc) is 3.18. The highest BCUT2D eigenvalue weighted by Gasteiger charge is 2.56. The smallest absolute Gasteiger partial charge is 0.232 e. The van der Waals surface area contributed by atoms with E-state index in [9.17, 15) is 0 Å². The Hall–Kier alpha value is -2.46. The van der Waals surface area contributed by atoms with Gasteiger partial charge in [-0.2, -0.15) is 0 Å². The Kier molecular flexibility index (Phi) is 6.99. The molecule has 2 nitrogen and oxygen atoms in total. The first-order chi connectivity index (χ1) is 16.4. The Morgan fingerprint density at radius 2 is 1.63 bits per heavy atom. The zero-order valence-corrected chi connectivity index (χ0v) is 24.4. The highest BCUT2D eigenvalue weighted by molar-refractivity contribution is 6.90. The van der Waals surface area contributed by atoms with Crippen molar-refractivity contribution in [2.75, 3.05) is 0 Å². The van der Waals surface area contributed by atoms with Crippen LogP contribution in [0.15, 0.2) is 72.9 Å². The van der Waals surface area contributed by atoms with Gasteiger partial charge < -0.3 is 4.43 Å². The Morgan fingerprint density at radius 1 is 0.943 bits per heavy atom. The summed E-state index contributed by atoms with van der Waals surface area (Å²) in [5.74, 6) is 3.80. The Balaban J connectivity index is 1.98. The molecule has 0 amide bonds. The maximum Gasteiger partial charge on any atom is 0.232 e. The fraction of sp³-hybridized carbons (Fsp3) is 0.387. The monoisotopic (exact) mass is 497 g/mol. The van der Waals surface area contributed by atoms with E-state index in [2.05, 4.69) is 119 Å². The molecule has 0 bridgehead atoms. The zero-order valence-electron chi connectivity index (χ0n) is 22.4. The molecule has 1 aliphatic rings. The molecule has 0 N–H and O–H groups in total. The minimum atomic E-state index is -2.45. The lowest BCUT2D eigenvalue weighted by atomic mass is 9.89. The molecule has 0 radical (unpaired) electrons. The largest absolute Gasteiger partial charge is 0.392 e. The molecule has 1 aromatic heterocycles. The molecule has 0 saturated heterocycles. The third-order valence-electron chi connectivity index (χ3n) is 7.07. The lowest BCUT2D eigenvalue weighted by Crippen LogP contribution is -2.60. The van der Waals surface area contributed by atoms with Crippen molar-refractivity contribution in [2.24, 2.45) is 0 Å². The maximum atomic E-state index is 7.75. The molecule has 2 atom stereocenters. The molecule has 0 aliphatic carbocycles. The van der Waals surface area contributed by atoms with Gasteiger partial charge in [0, 0.05) is 18.3 Å². The van der Waals surface area contributed by atoms with E-state index in [0.717, 1.165) is 23.7 Å².